The number of hydrogen-bond donors (Lipinski definition) is 2. The van der Waals surface area contributed by atoms with Gasteiger partial charge in [0.05, 0.1) is 11.4 Å². The summed E-state index contributed by atoms with van der Waals surface area (Å²) in [6.45, 7) is 0. The highest BCUT2D eigenvalue weighted by Gasteiger charge is 1.98. The summed E-state index contributed by atoms with van der Waals surface area (Å²) in [6, 6.07) is 1.03. The summed E-state index contributed by atoms with van der Waals surface area (Å²) >= 11 is 5.45. The van der Waals surface area contributed by atoms with Crippen molar-refractivity contribution in [3.05, 3.63) is 28.6 Å². The van der Waals surface area contributed by atoms with Crippen molar-refractivity contribution in [1.82, 2.24) is 4.57 Å². The Morgan fingerprint density at radius 3 is 2.82 bits per heavy atom. The zero-order chi connectivity index (χ0) is 8.43. The van der Waals surface area contributed by atoms with Gasteiger partial charge in [0.15, 0.2) is 11.3 Å². The molecule has 5 heteroatoms. The zero-order valence-corrected chi connectivity index (χ0v) is 6.19. The van der Waals surface area contributed by atoms with E-state index in [1.807, 2.05) is 0 Å². The molecule has 11 heavy (non-hydrogen) atoms. The molecule has 0 aliphatic heterocycles. The molecule has 0 bridgehead atoms. The van der Waals surface area contributed by atoms with Crippen LogP contribution in [0.25, 0.3) is 0 Å². The van der Waals surface area contributed by atoms with Crippen molar-refractivity contribution in [2.45, 2.75) is 0 Å². The van der Waals surface area contributed by atoms with Gasteiger partial charge in [-0.2, -0.15) is 0 Å². The molecule has 0 radical (unpaired) electrons. The molecular weight excluding hydrogens is 169 g/mol. The van der Waals surface area contributed by atoms with Crippen molar-refractivity contribution in [2.75, 3.05) is 0 Å². The molecule has 0 fully saturated rings. The molecule has 0 aliphatic rings. The molecule has 0 spiro atoms. The number of pyridine rings is 1. The van der Waals surface area contributed by atoms with Crippen LogP contribution in [0.1, 0.15) is 0 Å². The maximum Gasteiger partial charge on any atom is 0.167 e. The quantitative estimate of drug-likeness (QED) is 0.474. The monoisotopic (exact) mass is 173 g/mol. The van der Waals surface area contributed by atoms with Crippen molar-refractivity contribution in [3.8, 4) is 0 Å². The third-order valence-corrected chi connectivity index (χ3v) is 1.36. The maximum absolute atomic E-state index is 12.6. The van der Waals surface area contributed by atoms with Crippen LogP contribution in [-0.2, 0) is 0 Å². The summed E-state index contributed by atoms with van der Waals surface area (Å²) in [5.74, 6) is -0.735. The van der Waals surface area contributed by atoms with Crippen LogP contribution in [0.2, 0.25) is 5.02 Å². The van der Waals surface area contributed by atoms with E-state index in [2.05, 4.69) is 0 Å². The lowest BCUT2D eigenvalue weighted by molar-refractivity contribution is 0.592. The minimum absolute atomic E-state index is 0.169. The van der Waals surface area contributed by atoms with Gasteiger partial charge in [-0.15, -0.1) is 0 Å². The Bertz CT molecular complexity index is 344. The summed E-state index contributed by atoms with van der Waals surface area (Å²) < 4.78 is 13.6. The lowest BCUT2D eigenvalue weighted by atomic mass is 10.4. The summed E-state index contributed by atoms with van der Waals surface area (Å²) in [6.07, 6.45) is 2.11. The number of aromatic nitrogens is 1. The number of nitrogens with zero attached hydrogens (tertiary/aromatic N) is 1. The topological polar surface area (TPSA) is 52.6 Å². The Morgan fingerprint density at radius 2 is 2.27 bits per heavy atom. The summed E-state index contributed by atoms with van der Waals surface area (Å²) in [5.41, 5.74) is -0.371. The Kier molecular flexibility index (Phi) is 2.05. The Morgan fingerprint density at radius 1 is 1.64 bits per heavy atom. The van der Waals surface area contributed by atoms with Gasteiger partial charge in [-0.1, -0.05) is 11.6 Å². The fourth-order valence-electron chi connectivity index (χ4n) is 0.649. The van der Waals surface area contributed by atoms with Crippen LogP contribution in [0.15, 0.2) is 12.3 Å². The van der Waals surface area contributed by atoms with E-state index in [0.29, 0.717) is 0 Å². The Labute approximate surface area is 67.1 Å². The van der Waals surface area contributed by atoms with E-state index in [-0.39, 0.29) is 10.5 Å². The molecule has 1 rings (SSSR count). The number of hydrogen-bond acceptors (Lipinski definition) is 2. The Hall–Kier alpha value is -1.16. The van der Waals surface area contributed by atoms with Crippen molar-refractivity contribution >= 4 is 17.9 Å². The van der Waals surface area contributed by atoms with Crippen LogP contribution in [0.3, 0.4) is 0 Å². The Balaban J connectivity index is 3.48. The van der Waals surface area contributed by atoms with Crippen LogP contribution in [0.4, 0.5) is 4.39 Å². The molecule has 0 saturated carbocycles. The summed E-state index contributed by atoms with van der Waals surface area (Å²) in [7, 11) is 0. The number of nitrogens with one attached hydrogen (secondary N) is 2. The van der Waals surface area contributed by atoms with Crippen molar-refractivity contribution in [2.24, 2.45) is 0 Å². The van der Waals surface area contributed by atoms with E-state index in [1.165, 1.54) is 6.20 Å². The molecule has 0 saturated heterocycles. The number of rotatable bonds is 1. The standard InChI is InChI=1S/C6H5ClFN3/c7-4-1-5(8)6(10)11(2-4)3-9/h1-3,9-10H. The van der Waals surface area contributed by atoms with Gasteiger partial charge in [0, 0.05) is 6.20 Å². The first-order valence-corrected chi connectivity index (χ1v) is 3.15. The maximum atomic E-state index is 12.6. The average Bonchev–Trinajstić information content (AvgIpc) is 1.96. The predicted molar refractivity (Wildman–Crippen MR) is 39.4 cm³/mol. The van der Waals surface area contributed by atoms with Crippen LogP contribution in [0.5, 0.6) is 0 Å². The third kappa shape index (κ3) is 1.46. The molecule has 0 amide bonds. The average molecular weight is 174 g/mol. The summed E-state index contributed by atoms with van der Waals surface area (Å²) in [5, 5.41) is 14.0. The zero-order valence-electron chi connectivity index (χ0n) is 5.44. The van der Waals surface area contributed by atoms with Gasteiger partial charge in [-0.05, 0) is 6.07 Å². The first-order valence-electron chi connectivity index (χ1n) is 2.77. The molecule has 1 aromatic heterocycles. The van der Waals surface area contributed by atoms with E-state index in [9.17, 15) is 4.39 Å². The normalized spacial score (nSPS) is 9.64. The van der Waals surface area contributed by atoms with Crippen LogP contribution in [0, 0.1) is 16.6 Å². The van der Waals surface area contributed by atoms with Crippen molar-refractivity contribution in [3.63, 3.8) is 0 Å². The van der Waals surface area contributed by atoms with Crippen molar-refractivity contribution in [1.29, 1.82) is 10.8 Å². The van der Waals surface area contributed by atoms with Gasteiger partial charge in [0.25, 0.3) is 0 Å². The first-order chi connectivity index (χ1) is 5.15. The molecule has 0 aliphatic carbocycles. The molecule has 58 valence electrons. The molecule has 1 heterocycles. The molecule has 0 aromatic carbocycles. The lowest BCUT2D eigenvalue weighted by Gasteiger charge is -1.98. The lowest BCUT2D eigenvalue weighted by Crippen LogP contribution is -2.21. The summed E-state index contributed by atoms with van der Waals surface area (Å²) in [4.78, 5) is 0. The van der Waals surface area contributed by atoms with Crippen LogP contribution < -0.4 is 5.49 Å². The smallest absolute Gasteiger partial charge is 0.167 e. The highest BCUT2D eigenvalue weighted by atomic mass is 35.5. The highest BCUT2D eigenvalue weighted by Crippen LogP contribution is 2.04. The van der Waals surface area contributed by atoms with Gasteiger partial charge in [-0.3, -0.25) is 15.4 Å². The predicted octanol–water partition coefficient (Wildman–Crippen LogP) is 1.22. The SMILES string of the molecule is N=Cn1cc(Cl)cc(F)c1=N. The van der Waals surface area contributed by atoms with Gasteiger partial charge >= 0.3 is 0 Å². The molecular formula is C6H5ClFN3. The first kappa shape index (κ1) is 7.94. The van der Waals surface area contributed by atoms with Gasteiger partial charge in [0.2, 0.25) is 0 Å². The van der Waals surface area contributed by atoms with E-state index in [0.717, 1.165) is 17.0 Å². The van der Waals surface area contributed by atoms with Crippen LogP contribution in [-0.4, -0.2) is 10.9 Å². The molecule has 0 unspecified atom stereocenters. The second kappa shape index (κ2) is 2.84. The van der Waals surface area contributed by atoms with Crippen LogP contribution >= 0.6 is 11.6 Å². The van der Waals surface area contributed by atoms with Gasteiger partial charge in [0.1, 0.15) is 0 Å². The largest absolute Gasteiger partial charge is 0.291 e. The van der Waals surface area contributed by atoms with Gasteiger partial charge < -0.3 is 0 Å². The van der Waals surface area contributed by atoms with E-state index < -0.39 is 5.82 Å². The molecule has 0 atom stereocenters. The van der Waals surface area contributed by atoms with Gasteiger partial charge in [-0.25, -0.2) is 4.39 Å². The van der Waals surface area contributed by atoms with E-state index in [1.54, 1.807) is 0 Å². The highest BCUT2D eigenvalue weighted by molar-refractivity contribution is 6.30. The second-order valence-electron chi connectivity index (χ2n) is 1.89. The third-order valence-electron chi connectivity index (χ3n) is 1.15. The minimum Gasteiger partial charge on any atom is -0.291 e. The molecule has 2 N–H and O–H groups in total. The number of halogens is 2. The van der Waals surface area contributed by atoms with E-state index in [4.69, 9.17) is 22.4 Å². The molecule has 1 aromatic rings. The van der Waals surface area contributed by atoms with Crippen molar-refractivity contribution < 1.29 is 4.39 Å². The fraction of sp³-hybridized carbons (Fsp3) is 0. The fourth-order valence-corrected chi connectivity index (χ4v) is 0.850. The second-order valence-corrected chi connectivity index (χ2v) is 2.33. The van der Waals surface area contributed by atoms with E-state index >= 15 is 0 Å². The molecule has 3 nitrogen and oxygen atoms in total. The minimum atomic E-state index is -0.735.